The first-order valence-electron chi connectivity index (χ1n) is 9.96. The summed E-state index contributed by atoms with van der Waals surface area (Å²) in [4.78, 5) is 7.69. The van der Waals surface area contributed by atoms with Crippen molar-refractivity contribution in [3.05, 3.63) is 82.1 Å². The highest BCUT2D eigenvalue weighted by Gasteiger charge is 2.26. The predicted octanol–water partition coefficient (Wildman–Crippen LogP) is 4.69. The molecule has 1 heterocycles. The molecule has 2 aromatic carbocycles. The average Bonchev–Trinajstić information content (AvgIpc) is 3.20. The lowest BCUT2D eigenvalue weighted by atomic mass is 10.0. The van der Waals surface area contributed by atoms with Gasteiger partial charge in [0, 0.05) is 31.6 Å². The fraction of sp³-hybridized carbons (Fsp3) is 0.348. The van der Waals surface area contributed by atoms with E-state index in [1.54, 1.807) is 30.3 Å². The Labute approximate surface area is 191 Å². The van der Waals surface area contributed by atoms with E-state index in [2.05, 4.69) is 11.7 Å². The van der Waals surface area contributed by atoms with Crippen molar-refractivity contribution in [3.8, 4) is 0 Å². The summed E-state index contributed by atoms with van der Waals surface area (Å²) in [6.45, 7) is 5.61. The minimum atomic E-state index is -0.683. The highest BCUT2D eigenvalue weighted by Crippen LogP contribution is 2.26. The van der Waals surface area contributed by atoms with Crippen molar-refractivity contribution in [2.24, 2.45) is 5.16 Å². The Kier molecular flexibility index (Phi) is 8.87. The van der Waals surface area contributed by atoms with Gasteiger partial charge in [-0.2, -0.15) is 0 Å². The van der Waals surface area contributed by atoms with Crippen molar-refractivity contribution in [2.45, 2.75) is 25.2 Å². The number of aliphatic hydroxyl groups is 1. The van der Waals surface area contributed by atoms with Gasteiger partial charge in [-0.1, -0.05) is 52.6 Å². The number of hydrogen-bond donors (Lipinski definition) is 1. The van der Waals surface area contributed by atoms with E-state index >= 15 is 0 Å². The van der Waals surface area contributed by atoms with E-state index in [0.29, 0.717) is 42.7 Å². The van der Waals surface area contributed by atoms with Gasteiger partial charge in [0.05, 0.1) is 35.1 Å². The molecule has 8 heteroatoms. The molecular formula is C23H25Cl2FN2O3. The summed E-state index contributed by atoms with van der Waals surface area (Å²) in [5.74, 6) is -0.285. The zero-order valence-corrected chi connectivity index (χ0v) is 18.5. The molecule has 0 radical (unpaired) electrons. The molecule has 31 heavy (non-hydrogen) atoms. The van der Waals surface area contributed by atoms with Crippen LogP contribution in [0.25, 0.3) is 0 Å². The van der Waals surface area contributed by atoms with Crippen LogP contribution < -0.4 is 0 Å². The fourth-order valence-corrected chi connectivity index (χ4v) is 3.65. The van der Waals surface area contributed by atoms with Crippen LogP contribution in [0.4, 0.5) is 4.39 Å². The zero-order chi connectivity index (χ0) is 22.2. The summed E-state index contributed by atoms with van der Waals surface area (Å²) >= 11 is 12.1. The molecule has 1 N–H and O–H groups in total. The maximum Gasteiger partial charge on any atom is 0.145 e. The van der Waals surface area contributed by atoms with E-state index in [0.717, 1.165) is 16.8 Å². The molecule has 166 valence electrons. The summed E-state index contributed by atoms with van der Waals surface area (Å²) in [6, 6.07) is 11.7. The molecule has 0 aromatic heterocycles. The molecule has 1 aliphatic heterocycles. The number of oxime groups is 1. The first-order valence-corrected chi connectivity index (χ1v) is 10.7. The summed E-state index contributed by atoms with van der Waals surface area (Å²) in [5.41, 5.74) is 2.59. The molecule has 0 bridgehead atoms. The summed E-state index contributed by atoms with van der Waals surface area (Å²) in [6.07, 6.45) is 1.36. The van der Waals surface area contributed by atoms with Crippen molar-refractivity contribution in [3.63, 3.8) is 0 Å². The Morgan fingerprint density at radius 1 is 1.26 bits per heavy atom. The highest BCUT2D eigenvalue weighted by molar-refractivity contribution is 6.42. The van der Waals surface area contributed by atoms with E-state index in [1.807, 2.05) is 11.0 Å². The lowest BCUT2D eigenvalue weighted by molar-refractivity contribution is 0.00335. The minimum Gasteiger partial charge on any atom is -0.390 e. The van der Waals surface area contributed by atoms with Gasteiger partial charge >= 0.3 is 0 Å². The second-order valence-corrected chi connectivity index (χ2v) is 8.21. The van der Waals surface area contributed by atoms with E-state index < -0.39 is 6.10 Å². The SMILES string of the molecule is C=CCOC[C@@H](O)CN(Cc1ccc(F)cc1)C[C@@H]1CC(c2ccc(Cl)c(Cl)c2)=NO1. The number of rotatable bonds is 11. The molecule has 0 fully saturated rings. The molecule has 3 rings (SSSR count). The van der Waals surface area contributed by atoms with Crippen LogP contribution in [0.3, 0.4) is 0 Å². The quantitative estimate of drug-likeness (QED) is 0.385. The first-order chi connectivity index (χ1) is 14.9. The lowest BCUT2D eigenvalue weighted by Gasteiger charge is -2.27. The summed E-state index contributed by atoms with van der Waals surface area (Å²) in [5, 5.41) is 15.5. The number of nitrogens with zero attached hydrogens (tertiary/aromatic N) is 2. The largest absolute Gasteiger partial charge is 0.390 e. The molecule has 5 nitrogen and oxygen atoms in total. The molecule has 0 spiro atoms. The van der Waals surface area contributed by atoms with E-state index in [1.165, 1.54) is 12.1 Å². The molecule has 2 aromatic rings. The maximum absolute atomic E-state index is 13.3. The van der Waals surface area contributed by atoms with Crippen molar-refractivity contribution in [2.75, 3.05) is 26.3 Å². The van der Waals surface area contributed by atoms with Gasteiger partial charge in [0.2, 0.25) is 0 Å². The second-order valence-electron chi connectivity index (χ2n) is 7.40. The Hall–Kier alpha value is -1.96. The Balaban J connectivity index is 1.62. The normalized spacial score (nSPS) is 16.8. The van der Waals surface area contributed by atoms with Crippen LogP contribution in [0.5, 0.6) is 0 Å². The molecule has 2 atom stereocenters. The van der Waals surface area contributed by atoms with Crippen LogP contribution in [0.2, 0.25) is 10.0 Å². The molecular weight excluding hydrogens is 442 g/mol. The minimum absolute atomic E-state index is 0.189. The van der Waals surface area contributed by atoms with E-state index in [-0.39, 0.29) is 18.5 Å². The number of hydrogen-bond acceptors (Lipinski definition) is 5. The third-order valence-electron chi connectivity index (χ3n) is 4.78. The Bertz CT molecular complexity index is 908. The van der Waals surface area contributed by atoms with Gasteiger partial charge in [0.25, 0.3) is 0 Å². The van der Waals surface area contributed by atoms with Gasteiger partial charge in [0.15, 0.2) is 0 Å². The van der Waals surface area contributed by atoms with Gasteiger partial charge < -0.3 is 14.7 Å². The molecule has 0 amide bonds. The molecule has 0 saturated carbocycles. The van der Waals surface area contributed by atoms with E-state index in [9.17, 15) is 9.50 Å². The maximum atomic E-state index is 13.3. The smallest absolute Gasteiger partial charge is 0.145 e. The van der Waals surface area contributed by atoms with Gasteiger partial charge in [-0.3, -0.25) is 4.90 Å². The lowest BCUT2D eigenvalue weighted by Crippen LogP contribution is -2.39. The van der Waals surface area contributed by atoms with Crippen molar-refractivity contribution >= 4 is 28.9 Å². The van der Waals surface area contributed by atoms with Crippen LogP contribution in [0.15, 0.2) is 60.3 Å². The van der Waals surface area contributed by atoms with E-state index in [4.69, 9.17) is 32.8 Å². The topological polar surface area (TPSA) is 54.3 Å². The monoisotopic (exact) mass is 466 g/mol. The zero-order valence-electron chi connectivity index (χ0n) is 17.0. The molecule has 1 aliphatic rings. The number of benzene rings is 2. The van der Waals surface area contributed by atoms with Crippen LogP contribution in [0, 0.1) is 5.82 Å². The fourth-order valence-electron chi connectivity index (χ4n) is 3.35. The third-order valence-corrected chi connectivity index (χ3v) is 5.52. The van der Waals surface area contributed by atoms with Crippen LogP contribution in [0.1, 0.15) is 17.5 Å². The Morgan fingerprint density at radius 2 is 2.03 bits per heavy atom. The molecule has 0 saturated heterocycles. The second kappa shape index (κ2) is 11.6. The average molecular weight is 467 g/mol. The molecule has 0 aliphatic carbocycles. The number of ether oxygens (including phenoxy) is 1. The number of halogens is 3. The van der Waals surface area contributed by atoms with Crippen LogP contribution >= 0.6 is 23.2 Å². The van der Waals surface area contributed by atoms with Crippen LogP contribution in [-0.4, -0.2) is 54.2 Å². The Morgan fingerprint density at radius 3 is 2.74 bits per heavy atom. The standard InChI is InChI=1S/C23H25Cl2FN2O3/c1-2-9-30-15-19(29)13-28(12-16-3-6-18(26)7-4-16)14-20-11-23(27-31-20)17-5-8-21(24)22(25)10-17/h2-8,10,19-20,29H,1,9,11-15H2/t19-,20-/m0/s1. The third kappa shape index (κ3) is 7.30. The first kappa shape index (κ1) is 23.7. The summed E-state index contributed by atoms with van der Waals surface area (Å²) < 4.78 is 18.6. The summed E-state index contributed by atoms with van der Waals surface area (Å²) in [7, 11) is 0. The van der Waals surface area contributed by atoms with Crippen molar-refractivity contribution in [1.29, 1.82) is 0 Å². The van der Waals surface area contributed by atoms with Crippen molar-refractivity contribution in [1.82, 2.24) is 4.90 Å². The van der Waals surface area contributed by atoms with Gasteiger partial charge in [-0.25, -0.2) is 4.39 Å². The molecule has 0 unspecified atom stereocenters. The highest BCUT2D eigenvalue weighted by atomic mass is 35.5. The van der Waals surface area contributed by atoms with Gasteiger partial charge in [-0.15, -0.1) is 6.58 Å². The van der Waals surface area contributed by atoms with Gasteiger partial charge in [-0.05, 0) is 29.8 Å². The van der Waals surface area contributed by atoms with Crippen molar-refractivity contribution < 1.29 is 19.1 Å². The van der Waals surface area contributed by atoms with Crippen LogP contribution in [-0.2, 0) is 16.1 Å². The van der Waals surface area contributed by atoms with Gasteiger partial charge in [0.1, 0.15) is 11.9 Å². The predicted molar refractivity (Wildman–Crippen MR) is 121 cm³/mol. The number of aliphatic hydroxyl groups excluding tert-OH is 1.